The summed E-state index contributed by atoms with van der Waals surface area (Å²) >= 11 is 1.73. The van der Waals surface area contributed by atoms with Gasteiger partial charge in [0.15, 0.2) is 0 Å². The van der Waals surface area contributed by atoms with Gasteiger partial charge in [-0.2, -0.15) is 0 Å². The van der Waals surface area contributed by atoms with Crippen molar-refractivity contribution in [2.24, 2.45) is 0 Å². The maximum absolute atomic E-state index is 13.2. The number of thiophene rings is 1. The first-order chi connectivity index (χ1) is 8.95. The van der Waals surface area contributed by atoms with E-state index in [4.69, 9.17) is 0 Å². The van der Waals surface area contributed by atoms with Gasteiger partial charge in [-0.25, -0.2) is 8.78 Å². The minimum Gasteiger partial charge on any atom is -0.303 e. The molecule has 0 spiro atoms. The smallest absolute Gasteiger partial charge is 0.126 e. The van der Waals surface area contributed by atoms with E-state index in [0.29, 0.717) is 5.56 Å². The summed E-state index contributed by atoms with van der Waals surface area (Å²) in [5.41, 5.74) is 0.623. The quantitative estimate of drug-likeness (QED) is 0.853. The lowest BCUT2D eigenvalue weighted by molar-refractivity contribution is 0.492. The molecule has 4 heteroatoms. The molecule has 19 heavy (non-hydrogen) atoms. The van der Waals surface area contributed by atoms with Crippen LogP contribution in [0.25, 0.3) is 0 Å². The number of rotatable bonds is 4. The van der Waals surface area contributed by atoms with Crippen LogP contribution in [-0.2, 0) is 0 Å². The maximum Gasteiger partial charge on any atom is 0.126 e. The molecule has 0 fully saturated rings. The van der Waals surface area contributed by atoms with Crippen LogP contribution in [0.4, 0.5) is 8.78 Å². The summed E-state index contributed by atoms with van der Waals surface area (Å²) in [7, 11) is 0. The van der Waals surface area contributed by atoms with Crippen LogP contribution in [0, 0.1) is 18.6 Å². The van der Waals surface area contributed by atoms with Crippen molar-refractivity contribution in [2.75, 3.05) is 0 Å². The van der Waals surface area contributed by atoms with Gasteiger partial charge in [0.2, 0.25) is 0 Å². The van der Waals surface area contributed by atoms with Gasteiger partial charge < -0.3 is 5.32 Å². The van der Waals surface area contributed by atoms with E-state index >= 15 is 0 Å². The molecule has 0 bridgehead atoms. The molecule has 1 heterocycles. The molecule has 2 atom stereocenters. The first-order valence-electron chi connectivity index (χ1n) is 6.24. The SMILES string of the molecule is Cc1ccc(C(C)NC(C)c2cc(F)cc(F)c2)s1. The number of hydrogen-bond donors (Lipinski definition) is 1. The van der Waals surface area contributed by atoms with Crippen molar-refractivity contribution in [3.63, 3.8) is 0 Å². The third kappa shape index (κ3) is 3.61. The summed E-state index contributed by atoms with van der Waals surface area (Å²) in [4.78, 5) is 2.48. The average molecular weight is 281 g/mol. The van der Waals surface area contributed by atoms with Crippen LogP contribution in [0.2, 0.25) is 0 Å². The molecule has 1 N–H and O–H groups in total. The molecular weight excluding hydrogens is 264 g/mol. The summed E-state index contributed by atoms with van der Waals surface area (Å²) in [5.74, 6) is -1.08. The summed E-state index contributed by atoms with van der Waals surface area (Å²) in [6.07, 6.45) is 0. The molecule has 2 aromatic rings. The summed E-state index contributed by atoms with van der Waals surface area (Å²) in [6, 6.07) is 7.83. The number of hydrogen-bond acceptors (Lipinski definition) is 2. The van der Waals surface area contributed by atoms with Crippen LogP contribution in [0.15, 0.2) is 30.3 Å². The Labute approximate surface area is 116 Å². The lowest BCUT2D eigenvalue weighted by Gasteiger charge is -2.19. The average Bonchev–Trinajstić information content (AvgIpc) is 2.74. The van der Waals surface area contributed by atoms with Gasteiger partial charge >= 0.3 is 0 Å². The molecule has 1 aromatic heterocycles. The topological polar surface area (TPSA) is 12.0 Å². The second kappa shape index (κ2) is 5.80. The van der Waals surface area contributed by atoms with Gasteiger partial charge in [0, 0.05) is 27.9 Å². The van der Waals surface area contributed by atoms with Gasteiger partial charge in [0.1, 0.15) is 11.6 Å². The zero-order valence-electron chi connectivity index (χ0n) is 11.2. The van der Waals surface area contributed by atoms with E-state index in [-0.39, 0.29) is 12.1 Å². The van der Waals surface area contributed by atoms with Crippen molar-refractivity contribution < 1.29 is 8.78 Å². The summed E-state index contributed by atoms with van der Waals surface area (Å²) < 4.78 is 26.4. The molecule has 0 radical (unpaired) electrons. The molecule has 1 aromatic carbocycles. The minimum absolute atomic E-state index is 0.109. The van der Waals surface area contributed by atoms with E-state index in [2.05, 4.69) is 31.3 Å². The Morgan fingerprint density at radius 1 is 1.00 bits per heavy atom. The van der Waals surface area contributed by atoms with Crippen LogP contribution in [-0.4, -0.2) is 0 Å². The normalized spacial score (nSPS) is 14.4. The second-order valence-corrected chi connectivity index (χ2v) is 6.08. The fourth-order valence-electron chi connectivity index (χ4n) is 2.06. The zero-order valence-corrected chi connectivity index (χ0v) is 12.0. The fourth-order valence-corrected chi connectivity index (χ4v) is 2.95. The van der Waals surface area contributed by atoms with Gasteiger partial charge in [-0.1, -0.05) is 0 Å². The third-order valence-electron chi connectivity index (χ3n) is 3.07. The molecule has 2 unspecified atom stereocenters. The van der Waals surface area contributed by atoms with Crippen LogP contribution < -0.4 is 5.32 Å². The van der Waals surface area contributed by atoms with Crippen molar-refractivity contribution >= 4 is 11.3 Å². The number of benzene rings is 1. The first kappa shape index (κ1) is 14.2. The molecule has 0 aliphatic carbocycles. The monoisotopic (exact) mass is 281 g/mol. The van der Waals surface area contributed by atoms with E-state index in [1.165, 1.54) is 21.9 Å². The highest BCUT2D eigenvalue weighted by molar-refractivity contribution is 7.12. The number of halogens is 2. The predicted octanol–water partition coefficient (Wildman–Crippen LogP) is 4.75. The molecule has 0 saturated carbocycles. The van der Waals surface area contributed by atoms with Crippen molar-refractivity contribution in [1.29, 1.82) is 0 Å². The lowest BCUT2D eigenvalue weighted by Crippen LogP contribution is -2.22. The fraction of sp³-hybridized carbons (Fsp3) is 0.333. The van der Waals surface area contributed by atoms with Crippen molar-refractivity contribution in [2.45, 2.75) is 32.9 Å². The molecule has 1 nitrogen and oxygen atoms in total. The van der Waals surface area contributed by atoms with Gasteiger partial charge in [-0.15, -0.1) is 11.3 Å². The lowest BCUT2D eigenvalue weighted by atomic mass is 10.1. The number of nitrogens with one attached hydrogen (secondary N) is 1. The van der Waals surface area contributed by atoms with Crippen LogP contribution in [0.5, 0.6) is 0 Å². The van der Waals surface area contributed by atoms with E-state index in [1.54, 1.807) is 11.3 Å². The van der Waals surface area contributed by atoms with Crippen LogP contribution in [0.1, 0.15) is 41.2 Å². The summed E-state index contributed by atoms with van der Waals surface area (Å²) in [6.45, 7) is 6.02. The predicted molar refractivity (Wildman–Crippen MR) is 75.4 cm³/mol. The molecule has 102 valence electrons. The standard InChI is InChI=1S/C15H17F2NS/c1-9-4-5-15(19-9)11(3)18-10(2)12-6-13(16)8-14(17)7-12/h4-8,10-11,18H,1-3H3. The molecule has 0 saturated heterocycles. The highest BCUT2D eigenvalue weighted by Crippen LogP contribution is 2.25. The molecule has 0 aliphatic heterocycles. The van der Waals surface area contributed by atoms with E-state index in [9.17, 15) is 8.78 Å². The highest BCUT2D eigenvalue weighted by Gasteiger charge is 2.14. The number of aryl methyl sites for hydroxylation is 1. The van der Waals surface area contributed by atoms with Crippen molar-refractivity contribution in [3.05, 3.63) is 57.3 Å². The Morgan fingerprint density at radius 2 is 1.63 bits per heavy atom. The minimum atomic E-state index is -0.539. The van der Waals surface area contributed by atoms with E-state index < -0.39 is 11.6 Å². The van der Waals surface area contributed by atoms with E-state index in [0.717, 1.165) is 6.07 Å². The van der Waals surface area contributed by atoms with Gasteiger partial charge in [-0.05, 0) is 50.6 Å². The van der Waals surface area contributed by atoms with Gasteiger partial charge in [-0.3, -0.25) is 0 Å². The summed E-state index contributed by atoms with van der Waals surface area (Å²) in [5, 5.41) is 3.36. The Balaban J connectivity index is 2.10. The van der Waals surface area contributed by atoms with Crippen molar-refractivity contribution in [3.8, 4) is 0 Å². The van der Waals surface area contributed by atoms with E-state index in [1.807, 2.05) is 6.92 Å². The Kier molecular flexibility index (Phi) is 4.32. The molecular formula is C15H17F2NS. The Bertz CT molecular complexity index is 545. The molecule has 0 amide bonds. The first-order valence-corrected chi connectivity index (χ1v) is 7.05. The highest BCUT2D eigenvalue weighted by atomic mass is 32.1. The largest absolute Gasteiger partial charge is 0.303 e. The Hall–Kier alpha value is -1.26. The third-order valence-corrected chi connectivity index (χ3v) is 4.26. The molecule has 0 aliphatic rings. The maximum atomic E-state index is 13.2. The second-order valence-electron chi connectivity index (χ2n) is 4.76. The van der Waals surface area contributed by atoms with Gasteiger partial charge in [0.05, 0.1) is 0 Å². The van der Waals surface area contributed by atoms with Crippen LogP contribution >= 0.6 is 11.3 Å². The molecule has 2 rings (SSSR count). The Morgan fingerprint density at radius 3 is 2.16 bits per heavy atom. The van der Waals surface area contributed by atoms with Gasteiger partial charge in [0.25, 0.3) is 0 Å². The van der Waals surface area contributed by atoms with Crippen LogP contribution in [0.3, 0.4) is 0 Å². The zero-order chi connectivity index (χ0) is 14.0. The van der Waals surface area contributed by atoms with Crippen molar-refractivity contribution in [1.82, 2.24) is 5.32 Å².